The molecule has 0 saturated carbocycles. The Hall–Kier alpha value is -2.20. The second-order valence-corrected chi connectivity index (χ2v) is 12.1. The Morgan fingerprint density at radius 3 is 2.26 bits per heavy atom. The predicted octanol–water partition coefficient (Wildman–Crippen LogP) is 5.53. The molecule has 2 amide bonds. The number of ether oxygens (including phenoxy) is 1. The van der Waals surface area contributed by atoms with Crippen LogP contribution in [0.2, 0.25) is 15.1 Å². The fourth-order valence-corrected chi connectivity index (χ4v) is 5.23. The van der Waals surface area contributed by atoms with E-state index in [0.717, 1.165) is 12.7 Å². The third kappa shape index (κ3) is 8.93. The van der Waals surface area contributed by atoms with Crippen molar-refractivity contribution < 1.29 is 22.7 Å². The number of nitrogens with zero attached hydrogens (tertiary/aromatic N) is 2. The summed E-state index contributed by atoms with van der Waals surface area (Å²) in [5.41, 5.74) is 1.07. The van der Waals surface area contributed by atoms with Crippen molar-refractivity contribution in [3.63, 3.8) is 0 Å². The van der Waals surface area contributed by atoms with Gasteiger partial charge in [0.1, 0.15) is 11.8 Å². The van der Waals surface area contributed by atoms with Crippen LogP contribution in [-0.4, -0.2) is 57.1 Å². The first kappa shape index (κ1) is 32.0. The molecule has 0 aliphatic carbocycles. The lowest BCUT2D eigenvalue weighted by molar-refractivity contribution is -0.140. The van der Waals surface area contributed by atoms with Gasteiger partial charge in [-0.05, 0) is 62.6 Å². The van der Waals surface area contributed by atoms with Crippen molar-refractivity contribution in [1.29, 1.82) is 0 Å². The number of anilines is 1. The summed E-state index contributed by atoms with van der Waals surface area (Å²) in [5.74, 6) is -0.163. The molecular formula is C26H34Cl3N3O5S. The SMILES string of the molecule is CC[C@H](C)NC(=O)[C@@H](C)N(Cc1ccc(Cl)c(Cl)c1)C(=O)CCCN(c1ccc(OC)c(Cl)c1)S(C)(=O)=O. The number of methoxy groups -OCH3 is 1. The molecule has 1 N–H and O–H groups in total. The van der Waals surface area contributed by atoms with Gasteiger partial charge in [-0.2, -0.15) is 0 Å². The molecule has 0 unspecified atom stereocenters. The van der Waals surface area contributed by atoms with E-state index in [1.165, 1.54) is 22.4 Å². The monoisotopic (exact) mass is 605 g/mol. The summed E-state index contributed by atoms with van der Waals surface area (Å²) in [6.07, 6.45) is 2.06. The Bertz CT molecular complexity index is 1240. The van der Waals surface area contributed by atoms with Crippen molar-refractivity contribution >= 4 is 62.3 Å². The van der Waals surface area contributed by atoms with Crippen molar-refractivity contribution in [3.8, 4) is 5.75 Å². The molecule has 0 saturated heterocycles. The standard InChI is InChI=1S/C26H34Cl3N3O5S/c1-6-17(2)30-26(34)18(3)31(16-19-9-11-21(27)22(28)14-19)25(33)8-7-13-32(38(5,35)36)20-10-12-24(37-4)23(29)15-20/h9-12,14-15,17-18H,6-8,13,16H2,1-5H3,(H,30,34)/t17-,18+/m0/s1. The zero-order chi connectivity index (χ0) is 28.6. The van der Waals surface area contributed by atoms with Crippen molar-refractivity contribution in [2.45, 2.75) is 58.7 Å². The van der Waals surface area contributed by atoms with E-state index in [1.54, 1.807) is 37.3 Å². The highest BCUT2D eigenvalue weighted by Gasteiger charge is 2.27. The minimum absolute atomic E-state index is 0.0121. The Kier molecular flexibility index (Phi) is 12.0. The number of amides is 2. The number of benzene rings is 2. The fraction of sp³-hybridized carbons (Fsp3) is 0.462. The second-order valence-electron chi connectivity index (χ2n) is 9.02. The van der Waals surface area contributed by atoms with E-state index in [4.69, 9.17) is 39.5 Å². The van der Waals surface area contributed by atoms with E-state index in [2.05, 4.69) is 5.32 Å². The van der Waals surface area contributed by atoms with Gasteiger partial charge >= 0.3 is 0 Å². The number of halogens is 3. The van der Waals surface area contributed by atoms with E-state index < -0.39 is 16.1 Å². The molecule has 0 aromatic heterocycles. The number of hydrogen-bond acceptors (Lipinski definition) is 5. The Balaban J connectivity index is 2.22. The summed E-state index contributed by atoms with van der Waals surface area (Å²) < 4.78 is 31.4. The third-order valence-corrected chi connectivity index (χ3v) is 8.31. The molecule has 2 atom stereocenters. The molecule has 0 aliphatic heterocycles. The first-order chi connectivity index (χ1) is 17.8. The van der Waals surface area contributed by atoms with Crippen LogP contribution >= 0.6 is 34.8 Å². The molecular weight excluding hydrogens is 573 g/mol. The van der Waals surface area contributed by atoms with Gasteiger partial charge in [0.15, 0.2) is 0 Å². The van der Waals surface area contributed by atoms with Crippen LogP contribution in [0.25, 0.3) is 0 Å². The number of nitrogens with one attached hydrogen (secondary N) is 1. The highest BCUT2D eigenvalue weighted by molar-refractivity contribution is 7.92. The van der Waals surface area contributed by atoms with Gasteiger partial charge < -0.3 is 15.0 Å². The lowest BCUT2D eigenvalue weighted by atomic mass is 10.1. The first-order valence-electron chi connectivity index (χ1n) is 12.1. The highest BCUT2D eigenvalue weighted by Crippen LogP contribution is 2.30. The average molecular weight is 607 g/mol. The number of hydrogen-bond donors (Lipinski definition) is 1. The number of carbonyl (C=O) groups is 2. The van der Waals surface area contributed by atoms with Crippen LogP contribution in [0.5, 0.6) is 5.75 Å². The average Bonchev–Trinajstić information content (AvgIpc) is 2.85. The topological polar surface area (TPSA) is 96.0 Å². The molecule has 8 nitrogen and oxygen atoms in total. The summed E-state index contributed by atoms with van der Waals surface area (Å²) in [6, 6.07) is 8.89. The van der Waals surface area contributed by atoms with Crippen LogP contribution < -0.4 is 14.4 Å². The molecule has 0 fully saturated rings. The molecule has 2 aromatic carbocycles. The molecule has 0 bridgehead atoms. The molecule has 12 heteroatoms. The molecule has 2 aromatic rings. The van der Waals surface area contributed by atoms with Crippen LogP contribution in [0.15, 0.2) is 36.4 Å². The van der Waals surface area contributed by atoms with E-state index in [9.17, 15) is 18.0 Å². The minimum Gasteiger partial charge on any atom is -0.495 e. The van der Waals surface area contributed by atoms with Gasteiger partial charge in [-0.1, -0.05) is 47.8 Å². The number of rotatable bonds is 13. The van der Waals surface area contributed by atoms with Gasteiger partial charge in [-0.15, -0.1) is 0 Å². The molecule has 210 valence electrons. The number of sulfonamides is 1. The Morgan fingerprint density at radius 2 is 1.71 bits per heavy atom. The second kappa shape index (κ2) is 14.3. The highest BCUT2D eigenvalue weighted by atomic mass is 35.5. The van der Waals surface area contributed by atoms with Crippen LogP contribution in [-0.2, 0) is 26.2 Å². The molecule has 0 spiro atoms. The number of carbonyl (C=O) groups excluding carboxylic acids is 2. The van der Waals surface area contributed by atoms with Gasteiger partial charge in [0.05, 0.1) is 34.1 Å². The molecule has 38 heavy (non-hydrogen) atoms. The molecule has 0 radical (unpaired) electrons. The predicted molar refractivity (Wildman–Crippen MR) is 154 cm³/mol. The molecule has 2 rings (SSSR count). The van der Waals surface area contributed by atoms with E-state index >= 15 is 0 Å². The van der Waals surface area contributed by atoms with E-state index in [-0.39, 0.29) is 48.8 Å². The Labute approximate surface area is 240 Å². The zero-order valence-electron chi connectivity index (χ0n) is 22.1. The van der Waals surface area contributed by atoms with E-state index in [1.807, 2.05) is 13.8 Å². The smallest absolute Gasteiger partial charge is 0.242 e. The first-order valence-corrected chi connectivity index (χ1v) is 15.1. The summed E-state index contributed by atoms with van der Waals surface area (Å²) in [4.78, 5) is 27.7. The molecule has 0 heterocycles. The van der Waals surface area contributed by atoms with Gasteiger partial charge in [0.25, 0.3) is 0 Å². The van der Waals surface area contributed by atoms with E-state index in [0.29, 0.717) is 27.0 Å². The van der Waals surface area contributed by atoms with Crippen LogP contribution in [0.1, 0.15) is 45.6 Å². The van der Waals surface area contributed by atoms with Crippen LogP contribution in [0.3, 0.4) is 0 Å². The van der Waals surface area contributed by atoms with Crippen LogP contribution in [0.4, 0.5) is 5.69 Å². The summed E-state index contributed by atoms with van der Waals surface area (Å²) in [5, 5.41) is 3.91. The van der Waals surface area contributed by atoms with Gasteiger partial charge in [-0.25, -0.2) is 8.42 Å². The molecule has 0 aliphatic rings. The maximum Gasteiger partial charge on any atom is 0.242 e. The minimum atomic E-state index is -3.66. The largest absolute Gasteiger partial charge is 0.495 e. The third-order valence-electron chi connectivity index (χ3n) is 6.08. The fourth-order valence-electron chi connectivity index (χ4n) is 3.70. The van der Waals surface area contributed by atoms with Crippen molar-refractivity contribution in [3.05, 3.63) is 57.0 Å². The summed E-state index contributed by atoms with van der Waals surface area (Å²) in [6.45, 7) is 5.68. The normalized spacial score (nSPS) is 12.9. The zero-order valence-corrected chi connectivity index (χ0v) is 25.2. The van der Waals surface area contributed by atoms with Crippen molar-refractivity contribution in [1.82, 2.24) is 10.2 Å². The maximum absolute atomic E-state index is 13.4. The maximum atomic E-state index is 13.4. The van der Waals surface area contributed by atoms with Gasteiger partial charge in [0, 0.05) is 25.6 Å². The lowest BCUT2D eigenvalue weighted by Crippen LogP contribution is -2.49. The van der Waals surface area contributed by atoms with Gasteiger partial charge in [-0.3, -0.25) is 13.9 Å². The lowest BCUT2D eigenvalue weighted by Gasteiger charge is -2.30. The summed E-state index contributed by atoms with van der Waals surface area (Å²) >= 11 is 18.4. The Morgan fingerprint density at radius 1 is 1.03 bits per heavy atom. The summed E-state index contributed by atoms with van der Waals surface area (Å²) in [7, 11) is -2.19. The quantitative estimate of drug-likeness (QED) is 0.323. The van der Waals surface area contributed by atoms with Crippen molar-refractivity contribution in [2.24, 2.45) is 0 Å². The van der Waals surface area contributed by atoms with Crippen molar-refractivity contribution in [2.75, 3.05) is 24.2 Å². The van der Waals surface area contributed by atoms with Crippen LogP contribution in [0, 0.1) is 0 Å². The van der Waals surface area contributed by atoms with Gasteiger partial charge in [0.2, 0.25) is 21.8 Å².